The van der Waals surface area contributed by atoms with Gasteiger partial charge in [-0.25, -0.2) is 0 Å². The van der Waals surface area contributed by atoms with Crippen molar-refractivity contribution in [3.63, 3.8) is 0 Å². The van der Waals surface area contributed by atoms with E-state index in [-0.39, 0.29) is 11.8 Å². The maximum atomic E-state index is 11.9. The molecule has 0 bridgehead atoms. The second-order valence-corrected chi connectivity index (χ2v) is 5.62. The number of para-hydroxylation sites is 1. The van der Waals surface area contributed by atoms with E-state index in [1.54, 1.807) is 0 Å². The van der Waals surface area contributed by atoms with Crippen LogP contribution in [0.4, 0.5) is 0 Å². The van der Waals surface area contributed by atoms with E-state index in [0.717, 1.165) is 17.5 Å². The Balaban J connectivity index is 1.81. The van der Waals surface area contributed by atoms with Crippen LogP contribution in [-0.4, -0.2) is 28.6 Å². The van der Waals surface area contributed by atoms with Crippen LogP contribution in [0, 0.1) is 5.92 Å². The third-order valence-electron chi connectivity index (χ3n) is 4.11. The fraction of sp³-hybridized carbons (Fsp3) is 0.471. The molecule has 1 heterocycles. The van der Waals surface area contributed by atoms with Gasteiger partial charge in [-0.3, -0.25) is 4.79 Å². The zero-order chi connectivity index (χ0) is 15.2. The number of aliphatic hydroxyl groups excluding tert-OH is 1. The number of aromatic nitrogens is 1. The van der Waals surface area contributed by atoms with Crippen molar-refractivity contribution in [1.29, 1.82) is 0 Å². The van der Waals surface area contributed by atoms with Crippen molar-refractivity contribution >= 4 is 16.8 Å². The average Bonchev–Trinajstić information content (AvgIpc) is 2.93. The molecule has 0 fully saturated rings. The zero-order valence-electron chi connectivity index (χ0n) is 12.7. The predicted octanol–water partition coefficient (Wildman–Crippen LogP) is 2.62. The van der Waals surface area contributed by atoms with Gasteiger partial charge < -0.3 is 15.4 Å². The highest BCUT2D eigenvalue weighted by Crippen LogP contribution is 2.18. The summed E-state index contributed by atoms with van der Waals surface area (Å²) in [6.45, 7) is 4.36. The van der Waals surface area contributed by atoms with Crippen molar-refractivity contribution in [3.8, 4) is 0 Å². The number of amides is 1. The molecule has 2 unspecified atom stereocenters. The molecule has 0 aliphatic rings. The topological polar surface area (TPSA) is 65.1 Å². The molecule has 21 heavy (non-hydrogen) atoms. The average molecular weight is 288 g/mol. The number of aryl methyl sites for hydroxylation is 1. The predicted molar refractivity (Wildman–Crippen MR) is 85.1 cm³/mol. The summed E-state index contributed by atoms with van der Waals surface area (Å²) in [4.78, 5) is 15.1. The molecule has 0 spiro atoms. The highest BCUT2D eigenvalue weighted by molar-refractivity contribution is 5.84. The first-order chi connectivity index (χ1) is 10.1. The number of aliphatic hydroxyl groups is 1. The molecule has 0 aliphatic heterocycles. The molecule has 1 aromatic carbocycles. The number of hydrogen-bond donors (Lipinski definition) is 3. The normalized spacial score (nSPS) is 14.0. The van der Waals surface area contributed by atoms with E-state index in [9.17, 15) is 9.90 Å². The fourth-order valence-corrected chi connectivity index (χ4v) is 2.37. The molecule has 4 heteroatoms. The van der Waals surface area contributed by atoms with Crippen LogP contribution in [0.2, 0.25) is 0 Å². The van der Waals surface area contributed by atoms with E-state index in [0.29, 0.717) is 19.4 Å². The Morgan fingerprint density at radius 1 is 1.38 bits per heavy atom. The van der Waals surface area contributed by atoms with Crippen LogP contribution in [0.1, 0.15) is 32.3 Å². The number of fused-ring (bicyclic) bond motifs is 1. The first kappa shape index (κ1) is 15.6. The van der Waals surface area contributed by atoms with Gasteiger partial charge in [0, 0.05) is 30.1 Å². The van der Waals surface area contributed by atoms with Crippen LogP contribution < -0.4 is 5.32 Å². The summed E-state index contributed by atoms with van der Waals surface area (Å²) in [6, 6.07) is 8.08. The highest BCUT2D eigenvalue weighted by Gasteiger charge is 2.13. The number of benzene rings is 1. The minimum absolute atomic E-state index is 0.0114. The zero-order valence-corrected chi connectivity index (χ0v) is 12.7. The number of hydrogen-bond acceptors (Lipinski definition) is 2. The Kier molecular flexibility index (Phi) is 5.39. The molecule has 4 nitrogen and oxygen atoms in total. The van der Waals surface area contributed by atoms with Crippen LogP contribution in [0.3, 0.4) is 0 Å². The van der Waals surface area contributed by atoms with E-state index < -0.39 is 6.10 Å². The van der Waals surface area contributed by atoms with Crippen LogP contribution in [-0.2, 0) is 11.2 Å². The summed E-state index contributed by atoms with van der Waals surface area (Å²) < 4.78 is 0. The Morgan fingerprint density at radius 2 is 2.14 bits per heavy atom. The largest absolute Gasteiger partial charge is 0.391 e. The number of aromatic amines is 1. The Morgan fingerprint density at radius 3 is 2.90 bits per heavy atom. The van der Waals surface area contributed by atoms with E-state index >= 15 is 0 Å². The number of nitrogens with one attached hydrogen (secondary N) is 2. The van der Waals surface area contributed by atoms with Crippen molar-refractivity contribution < 1.29 is 9.90 Å². The molecule has 1 aromatic heterocycles. The van der Waals surface area contributed by atoms with Gasteiger partial charge >= 0.3 is 0 Å². The van der Waals surface area contributed by atoms with E-state index in [2.05, 4.69) is 16.4 Å². The Bertz CT molecular complexity index is 591. The summed E-state index contributed by atoms with van der Waals surface area (Å²) in [5, 5.41) is 13.8. The van der Waals surface area contributed by atoms with Gasteiger partial charge in [0.1, 0.15) is 0 Å². The third-order valence-corrected chi connectivity index (χ3v) is 4.11. The summed E-state index contributed by atoms with van der Waals surface area (Å²) >= 11 is 0. The fourth-order valence-electron chi connectivity index (χ4n) is 2.37. The minimum Gasteiger partial charge on any atom is -0.391 e. The molecule has 2 atom stereocenters. The molecule has 0 aliphatic carbocycles. The standard InChI is InChI=1S/C17H24N2O2/c1-3-12(2)16(20)11-19-17(21)9-8-13-10-18-15-7-5-4-6-14(13)15/h4-7,10,12,16,18,20H,3,8-9,11H2,1-2H3,(H,19,21). The van der Waals surface area contributed by atoms with E-state index in [1.165, 1.54) is 5.39 Å². The van der Waals surface area contributed by atoms with Crippen LogP contribution in [0.5, 0.6) is 0 Å². The molecule has 0 saturated heterocycles. The van der Waals surface area contributed by atoms with Crippen LogP contribution in [0.15, 0.2) is 30.5 Å². The second-order valence-electron chi connectivity index (χ2n) is 5.62. The van der Waals surface area contributed by atoms with Gasteiger partial charge in [0.15, 0.2) is 0 Å². The van der Waals surface area contributed by atoms with Crippen molar-refractivity contribution in [2.24, 2.45) is 5.92 Å². The lowest BCUT2D eigenvalue weighted by Gasteiger charge is -2.17. The monoisotopic (exact) mass is 288 g/mol. The summed E-state index contributed by atoms with van der Waals surface area (Å²) in [6.07, 6.45) is 3.55. The van der Waals surface area contributed by atoms with Gasteiger partial charge in [-0.1, -0.05) is 38.5 Å². The number of carbonyl (C=O) groups excluding carboxylic acids is 1. The Labute approximate surface area is 125 Å². The van der Waals surface area contributed by atoms with Gasteiger partial charge in [-0.05, 0) is 24.0 Å². The van der Waals surface area contributed by atoms with Gasteiger partial charge in [0.05, 0.1) is 6.10 Å². The lowest BCUT2D eigenvalue weighted by atomic mass is 10.0. The van der Waals surface area contributed by atoms with Crippen molar-refractivity contribution in [2.45, 2.75) is 39.2 Å². The highest BCUT2D eigenvalue weighted by atomic mass is 16.3. The molecule has 0 radical (unpaired) electrons. The van der Waals surface area contributed by atoms with Crippen LogP contribution in [0.25, 0.3) is 10.9 Å². The van der Waals surface area contributed by atoms with Crippen molar-refractivity contribution in [1.82, 2.24) is 10.3 Å². The second kappa shape index (κ2) is 7.27. The molecule has 2 aromatic rings. The number of carbonyl (C=O) groups is 1. The smallest absolute Gasteiger partial charge is 0.220 e. The molecule has 3 N–H and O–H groups in total. The van der Waals surface area contributed by atoms with E-state index in [1.807, 2.05) is 38.2 Å². The SMILES string of the molecule is CCC(C)C(O)CNC(=O)CCc1c[nH]c2ccccc12. The van der Waals surface area contributed by atoms with Crippen molar-refractivity contribution in [3.05, 3.63) is 36.0 Å². The summed E-state index contributed by atoms with van der Waals surface area (Å²) in [5.41, 5.74) is 2.25. The Hall–Kier alpha value is -1.81. The first-order valence-corrected chi connectivity index (χ1v) is 7.61. The maximum Gasteiger partial charge on any atom is 0.220 e. The van der Waals surface area contributed by atoms with Gasteiger partial charge in [-0.2, -0.15) is 0 Å². The maximum absolute atomic E-state index is 11.9. The lowest BCUT2D eigenvalue weighted by molar-refractivity contribution is -0.121. The van der Waals surface area contributed by atoms with Gasteiger partial charge in [0.25, 0.3) is 0 Å². The molecular formula is C17H24N2O2. The van der Waals surface area contributed by atoms with Gasteiger partial charge in [0.2, 0.25) is 5.91 Å². The third kappa shape index (κ3) is 4.08. The van der Waals surface area contributed by atoms with Crippen molar-refractivity contribution in [2.75, 3.05) is 6.54 Å². The van der Waals surface area contributed by atoms with Gasteiger partial charge in [-0.15, -0.1) is 0 Å². The van der Waals surface area contributed by atoms with Crippen LogP contribution >= 0.6 is 0 Å². The number of H-pyrrole nitrogens is 1. The molecule has 2 rings (SSSR count). The lowest BCUT2D eigenvalue weighted by Crippen LogP contribution is -2.35. The summed E-state index contributed by atoms with van der Waals surface area (Å²) in [5.74, 6) is 0.196. The molecular weight excluding hydrogens is 264 g/mol. The quantitative estimate of drug-likeness (QED) is 0.733. The molecule has 1 amide bonds. The molecule has 0 saturated carbocycles. The first-order valence-electron chi connectivity index (χ1n) is 7.61. The minimum atomic E-state index is -0.466. The van der Waals surface area contributed by atoms with E-state index in [4.69, 9.17) is 0 Å². The molecule has 114 valence electrons. The number of rotatable bonds is 7. The summed E-state index contributed by atoms with van der Waals surface area (Å²) in [7, 11) is 0.